The third-order valence-corrected chi connectivity index (χ3v) is 13.3. The molecule has 66 heavy (non-hydrogen) atoms. The van der Waals surface area contributed by atoms with Gasteiger partial charge in [-0.3, -0.25) is 18.9 Å². The Bertz CT molecular complexity index is 1530. The number of rotatable bonds is 28. The van der Waals surface area contributed by atoms with Crippen LogP contribution in [0.25, 0.3) is 0 Å². The minimum absolute atomic E-state index is 0.718. The number of phosphoric ester groups is 1. The van der Waals surface area contributed by atoms with Crippen LogP contribution in [0.4, 0.5) is 0 Å². The highest BCUT2D eigenvalue weighted by molar-refractivity contribution is 7.66. The van der Waals surface area contributed by atoms with Crippen molar-refractivity contribution >= 4 is 23.5 Å². The SMILES string of the molecule is CCCCCCN(C)C.CCCCCCN(C)C.CCCCCCN(C)C.CCCCCCN(C)C.C[C@@]1(O)[C@H](O)[C@@H](COP(=O)(O)OP(=O)(O)OP(=O)(O)O)O[C@H]1n1ccc(=O)[nH]c1=O. The van der Waals surface area contributed by atoms with Crippen LogP contribution < -0.4 is 11.2 Å². The predicted molar refractivity (Wildman–Crippen MR) is 262 cm³/mol. The van der Waals surface area contributed by atoms with Crippen molar-refractivity contribution in [2.24, 2.45) is 0 Å². The molecule has 24 heteroatoms. The van der Waals surface area contributed by atoms with Gasteiger partial charge in [0.25, 0.3) is 5.56 Å². The second kappa shape index (κ2) is 38.5. The van der Waals surface area contributed by atoms with Crippen molar-refractivity contribution in [3.63, 3.8) is 0 Å². The Morgan fingerprint density at radius 3 is 1.30 bits per heavy atom. The maximum absolute atomic E-state index is 11.9. The number of hydrogen-bond acceptors (Lipinski definition) is 15. The van der Waals surface area contributed by atoms with Crippen LogP contribution in [-0.4, -0.2) is 166 Å². The molecule has 0 bridgehead atoms. The number of hydrogen-bond donors (Lipinski definition) is 7. The van der Waals surface area contributed by atoms with Gasteiger partial charge in [-0.1, -0.05) is 105 Å². The highest BCUT2D eigenvalue weighted by Gasteiger charge is 2.54. The Balaban J connectivity index is -0.000000896. The lowest BCUT2D eigenvalue weighted by molar-refractivity contribution is -0.0986. The van der Waals surface area contributed by atoms with Crippen molar-refractivity contribution < 1.29 is 61.4 Å². The summed E-state index contributed by atoms with van der Waals surface area (Å²) in [5.74, 6) is 0. The summed E-state index contributed by atoms with van der Waals surface area (Å²) >= 11 is 0. The molecular weight excluding hydrogens is 921 g/mol. The first-order valence-electron chi connectivity index (χ1n) is 23.3. The molecule has 2 rings (SSSR count). The van der Waals surface area contributed by atoms with E-state index >= 15 is 0 Å². The first-order chi connectivity index (χ1) is 30.5. The third-order valence-electron chi connectivity index (χ3n) is 9.51. The van der Waals surface area contributed by atoms with Crippen molar-refractivity contribution in [2.75, 3.05) is 89.2 Å². The fourth-order valence-corrected chi connectivity index (χ4v) is 8.91. The van der Waals surface area contributed by atoms with Crippen LogP contribution in [-0.2, 0) is 31.6 Å². The van der Waals surface area contributed by atoms with E-state index in [2.05, 4.69) is 117 Å². The number of aromatic nitrogens is 2. The van der Waals surface area contributed by atoms with Crippen LogP contribution in [0.2, 0.25) is 0 Å². The van der Waals surface area contributed by atoms with Gasteiger partial charge in [0.2, 0.25) is 0 Å². The summed E-state index contributed by atoms with van der Waals surface area (Å²) in [5, 5.41) is 20.6. The molecule has 7 N–H and O–H groups in total. The standard InChI is InChI=1S/C10H17N2O15P3.4C8H19N/c1-10(16)7(14)5(25-8(10)12-3-2-6(13)11-9(12)15)4-24-29(20,21)27-30(22,23)26-28(17,18)19;4*1-4-5-6-7-8-9(2)3/h2-3,5,7-8,14,16H,4H2,1H3,(H,20,21)(H,22,23)(H,11,13,15)(H2,17,18,19);4*4-8H2,1-3H3/t5-,7-,8-,10-;;;;/m1..../s1. The Morgan fingerprint density at radius 1 is 0.636 bits per heavy atom. The first-order valence-corrected chi connectivity index (χ1v) is 27.8. The second-order valence-corrected chi connectivity index (χ2v) is 22.0. The summed E-state index contributed by atoms with van der Waals surface area (Å²) in [7, 11) is 0.235. The number of aliphatic hydroxyl groups excluding tert-OH is 1. The maximum atomic E-state index is 11.9. The minimum Gasteiger partial charge on any atom is -0.387 e. The highest BCUT2D eigenvalue weighted by Crippen LogP contribution is 2.66. The Morgan fingerprint density at radius 2 is 1.00 bits per heavy atom. The number of phosphoric acid groups is 3. The molecule has 0 saturated carbocycles. The number of ether oxygens (including phenoxy) is 1. The van der Waals surface area contributed by atoms with Crippen molar-refractivity contribution in [3.8, 4) is 0 Å². The molecule has 1 aliphatic rings. The van der Waals surface area contributed by atoms with Crippen LogP contribution in [0.5, 0.6) is 0 Å². The summed E-state index contributed by atoms with van der Waals surface area (Å²) in [6.07, 6.45) is 17.9. The van der Waals surface area contributed by atoms with E-state index in [-0.39, 0.29) is 0 Å². The molecule has 21 nitrogen and oxygen atoms in total. The Hall–Kier alpha value is -1.19. The molecule has 0 aliphatic carbocycles. The lowest BCUT2D eigenvalue weighted by Gasteiger charge is -2.27. The topological polar surface area (TPSA) is 277 Å². The van der Waals surface area contributed by atoms with E-state index in [9.17, 15) is 38.4 Å². The molecule has 1 aliphatic heterocycles. The fourth-order valence-electron chi connectivity index (χ4n) is 5.88. The van der Waals surface area contributed by atoms with E-state index in [4.69, 9.17) is 19.4 Å². The van der Waals surface area contributed by atoms with E-state index < -0.39 is 65.4 Å². The smallest absolute Gasteiger partial charge is 0.387 e. The van der Waals surface area contributed by atoms with E-state index in [1.807, 2.05) is 4.98 Å². The summed E-state index contributed by atoms with van der Waals surface area (Å²) in [4.78, 5) is 69.3. The van der Waals surface area contributed by atoms with Crippen LogP contribution in [0.15, 0.2) is 21.9 Å². The lowest BCUT2D eigenvalue weighted by Crippen LogP contribution is -2.46. The predicted octanol–water partition coefficient (Wildman–Crippen LogP) is 6.40. The van der Waals surface area contributed by atoms with Crippen LogP contribution in [0.1, 0.15) is 144 Å². The quantitative estimate of drug-likeness (QED) is 0.0353. The van der Waals surface area contributed by atoms with Gasteiger partial charge in [-0.05, 0) is 115 Å². The van der Waals surface area contributed by atoms with Gasteiger partial charge in [-0.25, -0.2) is 18.5 Å². The van der Waals surface area contributed by atoms with E-state index in [1.54, 1.807) is 0 Å². The van der Waals surface area contributed by atoms with Gasteiger partial charge in [-0.15, -0.1) is 0 Å². The van der Waals surface area contributed by atoms with Crippen molar-refractivity contribution in [1.82, 2.24) is 29.2 Å². The second-order valence-electron chi connectivity index (χ2n) is 17.6. The average molecular weight is 1020 g/mol. The van der Waals surface area contributed by atoms with Gasteiger partial charge in [0, 0.05) is 12.3 Å². The van der Waals surface area contributed by atoms with E-state index in [0.717, 1.165) is 23.8 Å². The molecule has 0 spiro atoms. The van der Waals surface area contributed by atoms with E-state index in [1.165, 1.54) is 129 Å². The number of unbranched alkanes of at least 4 members (excludes halogenated alkanes) is 12. The normalized spacial score (nSPS) is 20.0. The Kier molecular flexibility index (Phi) is 40.3. The number of aromatic amines is 1. The summed E-state index contributed by atoms with van der Waals surface area (Å²) in [6, 6.07) is 0.923. The molecular formula is C42H93N6O15P3. The zero-order valence-corrected chi connectivity index (χ0v) is 45.4. The molecule has 0 amide bonds. The zero-order chi connectivity index (χ0) is 51.6. The fraction of sp³-hybridized carbons (Fsp3) is 0.905. The van der Waals surface area contributed by atoms with Crippen molar-refractivity contribution in [1.29, 1.82) is 0 Å². The van der Waals surface area contributed by atoms with Gasteiger partial charge < -0.3 is 54.1 Å². The molecule has 0 aromatic carbocycles. The molecule has 2 unspecified atom stereocenters. The van der Waals surface area contributed by atoms with E-state index in [0.29, 0.717) is 0 Å². The number of nitrogens with one attached hydrogen (secondary N) is 1. The number of H-pyrrole nitrogens is 1. The first kappa shape index (κ1) is 69.1. The molecule has 1 saturated heterocycles. The molecule has 2 heterocycles. The molecule has 396 valence electrons. The van der Waals surface area contributed by atoms with Gasteiger partial charge in [-0.2, -0.15) is 8.62 Å². The lowest BCUT2D eigenvalue weighted by atomic mass is 9.96. The maximum Gasteiger partial charge on any atom is 0.490 e. The monoisotopic (exact) mass is 1010 g/mol. The zero-order valence-electron chi connectivity index (χ0n) is 42.7. The van der Waals surface area contributed by atoms with Crippen LogP contribution >= 0.6 is 23.5 Å². The van der Waals surface area contributed by atoms with Crippen molar-refractivity contribution in [3.05, 3.63) is 33.1 Å². The third kappa shape index (κ3) is 39.6. The summed E-state index contributed by atoms with van der Waals surface area (Å²) in [6.45, 7) is 14.0. The Labute approximate surface area is 396 Å². The largest absolute Gasteiger partial charge is 0.490 e. The number of nitrogens with zero attached hydrogens (tertiary/aromatic N) is 5. The van der Waals surface area contributed by atoms with Gasteiger partial charge in [0.15, 0.2) is 6.23 Å². The highest BCUT2D eigenvalue weighted by atomic mass is 31.3. The van der Waals surface area contributed by atoms with Crippen LogP contribution in [0, 0.1) is 0 Å². The number of aliphatic hydroxyl groups is 2. The molecule has 1 aromatic rings. The molecule has 0 radical (unpaired) electrons. The van der Waals surface area contributed by atoms with Gasteiger partial charge in [0.05, 0.1) is 6.61 Å². The summed E-state index contributed by atoms with van der Waals surface area (Å²) < 4.78 is 50.9. The minimum atomic E-state index is -5.74. The molecule has 1 fully saturated rings. The van der Waals surface area contributed by atoms with Crippen molar-refractivity contribution in [2.45, 2.75) is 161 Å². The summed E-state index contributed by atoms with van der Waals surface area (Å²) in [5.41, 5.74) is -3.93. The van der Waals surface area contributed by atoms with Crippen LogP contribution in [0.3, 0.4) is 0 Å². The molecule has 6 atom stereocenters. The molecule has 1 aromatic heterocycles. The van der Waals surface area contributed by atoms with Gasteiger partial charge >= 0.3 is 29.2 Å². The van der Waals surface area contributed by atoms with Gasteiger partial charge in [0.1, 0.15) is 17.8 Å². The average Bonchev–Trinajstić information content (AvgIpc) is 3.40.